The van der Waals surface area contributed by atoms with Crippen LogP contribution in [-0.4, -0.2) is 29.2 Å². The van der Waals surface area contributed by atoms with Crippen LogP contribution in [0.4, 0.5) is 5.00 Å². The Bertz CT molecular complexity index is 930. The molecule has 3 rings (SSSR count). The number of benzene rings is 1. The first-order chi connectivity index (χ1) is 13.0. The van der Waals surface area contributed by atoms with Gasteiger partial charge in [0.1, 0.15) is 11.1 Å². The molecule has 7 nitrogen and oxygen atoms in total. The second-order valence-electron chi connectivity index (χ2n) is 6.17. The number of anilines is 1. The van der Waals surface area contributed by atoms with Crippen LogP contribution in [0.15, 0.2) is 30.3 Å². The Kier molecular flexibility index (Phi) is 5.52. The molecule has 0 aliphatic carbocycles. The molecule has 0 atom stereocenters. The predicted molar refractivity (Wildman–Crippen MR) is 101 cm³/mol. The normalized spacial score (nSPS) is 12.8. The van der Waals surface area contributed by atoms with Crippen molar-refractivity contribution >= 4 is 34.1 Å². The van der Waals surface area contributed by atoms with Crippen molar-refractivity contribution < 1.29 is 14.4 Å². The Morgan fingerprint density at radius 1 is 1.22 bits per heavy atom. The lowest BCUT2D eigenvalue weighted by atomic mass is 10.0. The molecule has 0 fully saturated rings. The summed E-state index contributed by atoms with van der Waals surface area (Å²) in [5, 5.41) is 12.9. The maximum Gasteiger partial charge on any atom is 0.256 e. The van der Waals surface area contributed by atoms with Crippen LogP contribution in [0.3, 0.4) is 0 Å². The lowest BCUT2D eigenvalue weighted by molar-refractivity contribution is -0.133. The number of hydrogen-bond acceptors (Lipinski definition) is 5. The maximum absolute atomic E-state index is 12.4. The zero-order chi connectivity index (χ0) is 19.4. The number of amides is 3. The molecule has 0 unspecified atom stereocenters. The number of carbonyl (C=O) groups is 3. The van der Waals surface area contributed by atoms with Crippen LogP contribution in [-0.2, 0) is 22.6 Å². The van der Waals surface area contributed by atoms with Gasteiger partial charge in [-0.15, -0.1) is 11.3 Å². The van der Waals surface area contributed by atoms with Crippen LogP contribution in [0.1, 0.15) is 39.2 Å². The van der Waals surface area contributed by atoms with E-state index in [2.05, 4.69) is 11.4 Å². The summed E-state index contributed by atoms with van der Waals surface area (Å²) in [6, 6.07) is 11.0. The minimum atomic E-state index is -0.505. The summed E-state index contributed by atoms with van der Waals surface area (Å²) in [6.07, 6.45) is 0.644. The van der Waals surface area contributed by atoms with E-state index in [1.54, 1.807) is 29.2 Å². The van der Waals surface area contributed by atoms with E-state index in [1.165, 1.54) is 11.3 Å². The predicted octanol–water partition coefficient (Wildman–Crippen LogP) is 2.02. The summed E-state index contributed by atoms with van der Waals surface area (Å²) in [5.41, 5.74) is 6.95. The first-order valence-electron chi connectivity index (χ1n) is 8.46. The molecule has 1 aromatic heterocycles. The quantitative estimate of drug-likeness (QED) is 0.823. The Morgan fingerprint density at radius 2 is 1.96 bits per heavy atom. The van der Waals surface area contributed by atoms with Crippen molar-refractivity contribution in [2.45, 2.75) is 25.8 Å². The number of thiophene rings is 1. The van der Waals surface area contributed by atoms with Crippen molar-refractivity contribution in [1.29, 1.82) is 5.26 Å². The van der Waals surface area contributed by atoms with E-state index in [1.807, 2.05) is 6.07 Å². The van der Waals surface area contributed by atoms with Crippen LogP contribution < -0.4 is 11.1 Å². The van der Waals surface area contributed by atoms with Crippen molar-refractivity contribution in [2.75, 3.05) is 11.9 Å². The highest BCUT2D eigenvalue weighted by Crippen LogP contribution is 2.37. The molecule has 138 valence electrons. The summed E-state index contributed by atoms with van der Waals surface area (Å²) >= 11 is 1.32. The Labute approximate surface area is 160 Å². The Balaban J connectivity index is 1.77. The number of carbonyl (C=O) groups excluding carboxylic acids is 3. The Morgan fingerprint density at radius 3 is 2.63 bits per heavy atom. The van der Waals surface area contributed by atoms with Crippen molar-refractivity contribution in [3.05, 3.63) is 51.9 Å². The molecule has 2 aromatic rings. The zero-order valence-corrected chi connectivity index (χ0v) is 15.3. The van der Waals surface area contributed by atoms with Crippen molar-refractivity contribution in [3.63, 3.8) is 0 Å². The minimum Gasteiger partial charge on any atom is -0.370 e. The average Bonchev–Trinajstić information content (AvgIpc) is 3.02. The highest BCUT2D eigenvalue weighted by atomic mass is 32.1. The lowest BCUT2D eigenvalue weighted by Crippen LogP contribution is -2.35. The smallest absolute Gasteiger partial charge is 0.256 e. The molecule has 3 amide bonds. The summed E-state index contributed by atoms with van der Waals surface area (Å²) in [6.45, 7) is 0.843. The zero-order valence-electron chi connectivity index (χ0n) is 14.5. The minimum absolute atomic E-state index is 0.0223. The number of hydrogen-bond donors (Lipinski definition) is 2. The molecule has 0 saturated heterocycles. The second-order valence-corrected chi connectivity index (χ2v) is 7.28. The highest BCUT2D eigenvalue weighted by Gasteiger charge is 2.27. The Hall–Kier alpha value is -3.18. The molecule has 2 heterocycles. The topological polar surface area (TPSA) is 116 Å². The second kappa shape index (κ2) is 8.01. The molecule has 1 aromatic carbocycles. The van der Waals surface area contributed by atoms with Crippen LogP contribution in [0.5, 0.6) is 0 Å². The molecule has 0 saturated carbocycles. The van der Waals surface area contributed by atoms with Gasteiger partial charge in [0.2, 0.25) is 11.8 Å². The molecule has 0 spiro atoms. The van der Waals surface area contributed by atoms with Gasteiger partial charge in [0.25, 0.3) is 5.91 Å². The molecule has 0 bridgehead atoms. The lowest BCUT2D eigenvalue weighted by Gasteiger charge is -2.26. The summed E-state index contributed by atoms with van der Waals surface area (Å²) in [4.78, 5) is 38.0. The van der Waals surface area contributed by atoms with Crippen LogP contribution in [0.25, 0.3) is 0 Å². The van der Waals surface area contributed by atoms with Gasteiger partial charge < -0.3 is 16.0 Å². The van der Waals surface area contributed by atoms with Crippen molar-refractivity contribution in [2.24, 2.45) is 5.73 Å². The van der Waals surface area contributed by atoms with Gasteiger partial charge in [-0.2, -0.15) is 5.26 Å². The fourth-order valence-corrected chi connectivity index (χ4v) is 4.18. The van der Waals surface area contributed by atoms with Crippen LogP contribution in [0, 0.1) is 11.3 Å². The summed E-state index contributed by atoms with van der Waals surface area (Å²) in [5.74, 6) is -0.920. The van der Waals surface area contributed by atoms with E-state index in [-0.39, 0.29) is 24.7 Å². The molecular formula is C19H18N4O3S. The van der Waals surface area contributed by atoms with Gasteiger partial charge in [-0.1, -0.05) is 18.2 Å². The first kappa shape index (κ1) is 18.6. The fourth-order valence-electron chi connectivity index (χ4n) is 2.98. The van der Waals surface area contributed by atoms with Gasteiger partial charge in [0, 0.05) is 29.8 Å². The maximum atomic E-state index is 12.4. The number of primary amides is 1. The van der Waals surface area contributed by atoms with Crippen molar-refractivity contribution in [3.8, 4) is 6.07 Å². The van der Waals surface area contributed by atoms with Gasteiger partial charge in [-0.25, -0.2) is 0 Å². The van der Waals surface area contributed by atoms with Crippen LogP contribution >= 0.6 is 11.3 Å². The standard InChI is InChI=1S/C19H18N4O3S/c20-10-14-13-8-9-23(17(25)7-6-16(21)24)11-15(13)27-19(14)22-18(26)12-4-2-1-3-5-12/h1-5H,6-9,11H2,(H2,21,24)(H,22,26). The SMILES string of the molecule is N#Cc1c(NC(=O)c2ccccc2)sc2c1CCN(C(=O)CCC(N)=O)C2. The number of rotatable bonds is 5. The molecule has 8 heteroatoms. The first-order valence-corrected chi connectivity index (χ1v) is 9.28. The summed E-state index contributed by atoms with van der Waals surface area (Å²) in [7, 11) is 0. The van der Waals surface area contributed by atoms with Gasteiger partial charge in [0.05, 0.1) is 12.1 Å². The third-order valence-corrected chi connectivity index (χ3v) is 5.50. The van der Waals surface area contributed by atoms with Crippen molar-refractivity contribution in [1.82, 2.24) is 4.90 Å². The van der Waals surface area contributed by atoms with E-state index in [9.17, 15) is 19.6 Å². The van der Waals surface area contributed by atoms with Gasteiger partial charge in [0.15, 0.2) is 0 Å². The van der Waals surface area contributed by atoms with Gasteiger partial charge in [-0.05, 0) is 24.1 Å². The van der Waals surface area contributed by atoms with Crippen LogP contribution in [0.2, 0.25) is 0 Å². The van der Waals surface area contributed by atoms with E-state index in [0.717, 1.165) is 10.4 Å². The molecule has 1 aliphatic rings. The van der Waals surface area contributed by atoms with E-state index in [0.29, 0.717) is 35.6 Å². The molecule has 3 N–H and O–H groups in total. The monoisotopic (exact) mass is 382 g/mol. The largest absolute Gasteiger partial charge is 0.370 e. The molecule has 0 radical (unpaired) electrons. The van der Waals surface area contributed by atoms with E-state index in [4.69, 9.17) is 5.73 Å². The molecule has 1 aliphatic heterocycles. The fraction of sp³-hybridized carbons (Fsp3) is 0.263. The summed E-state index contributed by atoms with van der Waals surface area (Å²) < 4.78 is 0. The average molecular weight is 382 g/mol. The molecular weight excluding hydrogens is 364 g/mol. The van der Waals surface area contributed by atoms with E-state index < -0.39 is 5.91 Å². The number of nitrogens with one attached hydrogen (secondary N) is 1. The third-order valence-electron chi connectivity index (χ3n) is 4.37. The van der Waals surface area contributed by atoms with Gasteiger partial charge >= 0.3 is 0 Å². The van der Waals surface area contributed by atoms with Gasteiger partial charge in [-0.3, -0.25) is 14.4 Å². The number of nitriles is 1. The highest BCUT2D eigenvalue weighted by molar-refractivity contribution is 7.16. The molecule has 27 heavy (non-hydrogen) atoms. The number of nitrogens with two attached hydrogens (primary N) is 1. The number of nitrogens with zero attached hydrogens (tertiary/aromatic N) is 2. The number of fused-ring (bicyclic) bond motifs is 1. The van der Waals surface area contributed by atoms with E-state index >= 15 is 0 Å². The third kappa shape index (κ3) is 4.15.